The zero-order valence-electron chi connectivity index (χ0n) is 11.0. The molecule has 1 spiro atoms. The molecule has 3 unspecified atom stereocenters. The van der Waals surface area contributed by atoms with E-state index < -0.39 is 6.10 Å². The molecule has 2 saturated heterocycles. The third-order valence-electron chi connectivity index (χ3n) is 4.66. The summed E-state index contributed by atoms with van der Waals surface area (Å²) in [5.74, 6) is 0.162. The summed E-state index contributed by atoms with van der Waals surface area (Å²) in [4.78, 5) is 11.7. The molecule has 102 valence electrons. The van der Waals surface area contributed by atoms with Gasteiger partial charge in [0.1, 0.15) is 12.2 Å². The summed E-state index contributed by atoms with van der Waals surface area (Å²) in [5, 5.41) is 0. The summed E-state index contributed by atoms with van der Waals surface area (Å²) >= 11 is 0. The van der Waals surface area contributed by atoms with Gasteiger partial charge in [-0.2, -0.15) is 0 Å². The largest absolute Gasteiger partial charge is 0.369 e. The standard InChI is InChI=1S/C14H22O4/c1-10-14(6-3-2-4-7-14)17-9-12(18-10)13-11(15)5-8-16-13/h10,12-13H,2-9H2,1H3. The maximum absolute atomic E-state index is 11.7. The van der Waals surface area contributed by atoms with E-state index in [2.05, 4.69) is 6.92 Å². The van der Waals surface area contributed by atoms with Crippen molar-refractivity contribution in [2.45, 2.75) is 69.4 Å². The molecule has 0 bridgehead atoms. The minimum atomic E-state index is -0.395. The zero-order chi connectivity index (χ0) is 12.6. The van der Waals surface area contributed by atoms with Crippen molar-refractivity contribution in [3.63, 3.8) is 0 Å². The molecule has 4 nitrogen and oxygen atoms in total. The highest BCUT2D eigenvalue weighted by molar-refractivity contribution is 5.85. The van der Waals surface area contributed by atoms with Gasteiger partial charge in [0.2, 0.25) is 0 Å². The molecule has 3 fully saturated rings. The fraction of sp³-hybridized carbons (Fsp3) is 0.929. The molecule has 0 aromatic rings. The summed E-state index contributed by atoms with van der Waals surface area (Å²) in [6, 6.07) is 0. The molecule has 3 atom stereocenters. The summed E-state index contributed by atoms with van der Waals surface area (Å²) in [6.07, 6.45) is 5.88. The molecule has 0 amide bonds. The van der Waals surface area contributed by atoms with Gasteiger partial charge in [0.05, 0.1) is 24.9 Å². The van der Waals surface area contributed by atoms with Crippen molar-refractivity contribution in [1.29, 1.82) is 0 Å². The van der Waals surface area contributed by atoms with Crippen molar-refractivity contribution in [1.82, 2.24) is 0 Å². The van der Waals surface area contributed by atoms with Crippen LogP contribution in [-0.2, 0) is 19.0 Å². The Labute approximate surface area is 108 Å². The van der Waals surface area contributed by atoms with Crippen molar-refractivity contribution < 1.29 is 19.0 Å². The molecular formula is C14H22O4. The van der Waals surface area contributed by atoms with Crippen LogP contribution < -0.4 is 0 Å². The van der Waals surface area contributed by atoms with Gasteiger partial charge in [-0.15, -0.1) is 0 Å². The second kappa shape index (κ2) is 4.91. The van der Waals surface area contributed by atoms with E-state index in [9.17, 15) is 4.79 Å². The van der Waals surface area contributed by atoms with E-state index in [0.717, 1.165) is 12.8 Å². The highest BCUT2D eigenvalue weighted by Gasteiger charge is 2.47. The summed E-state index contributed by atoms with van der Waals surface area (Å²) in [7, 11) is 0. The van der Waals surface area contributed by atoms with Crippen LogP contribution in [0.25, 0.3) is 0 Å². The lowest BCUT2D eigenvalue weighted by Gasteiger charge is -2.47. The normalized spacial score (nSPS) is 40.3. The number of ketones is 1. The molecule has 0 N–H and O–H groups in total. The summed E-state index contributed by atoms with van der Waals surface area (Å²) < 4.78 is 17.7. The monoisotopic (exact) mass is 254 g/mol. The van der Waals surface area contributed by atoms with Gasteiger partial charge >= 0.3 is 0 Å². The number of rotatable bonds is 1. The van der Waals surface area contributed by atoms with Crippen LogP contribution in [0.5, 0.6) is 0 Å². The average Bonchev–Trinajstić information content (AvgIpc) is 2.81. The van der Waals surface area contributed by atoms with E-state index in [1.54, 1.807) is 0 Å². The number of carbonyl (C=O) groups excluding carboxylic acids is 1. The van der Waals surface area contributed by atoms with Gasteiger partial charge in [-0.25, -0.2) is 0 Å². The first kappa shape index (κ1) is 12.6. The van der Waals surface area contributed by atoms with Gasteiger partial charge in [0, 0.05) is 6.42 Å². The first-order valence-corrected chi connectivity index (χ1v) is 7.15. The Morgan fingerprint density at radius 3 is 2.61 bits per heavy atom. The maximum atomic E-state index is 11.7. The number of carbonyl (C=O) groups is 1. The van der Waals surface area contributed by atoms with Gasteiger partial charge in [0.15, 0.2) is 5.78 Å². The first-order chi connectivity index (χ1) is 8.71. The predicted octanol–water partition coefficient (Wildman–Crippen LogP) is 1.85. The molecule has 4 heteroatoms. The fourth-order valence-corrected chi connectivity index (χ4v) is 3.49. The number of Topliss-reactive ketones (excluding diaryl/α,β-unsaturated/α-hetero) is 1. The lowest BCUT2D eigenvalue weighted by Crippen LogP contribution is -2.56. The van der Waals surface area contributed by atoms with E-state index >= 15 is 0 Å². The first-order valence-electron chi connectivity index (χ1n) is 7.15. The van der Waals surface area contributed by atoms with Crippen molar-refractivity contribution >= 4 is 5.78 Å². The highest BCUT2D eigenvalue weighted by atomic mass is 16.6. The average molecular weight is 254 g/mol. The molecule has 1 saturated carbocycles. The molecule has 0 radical (unpaired) electrons. The van der Waals surface area contributed by atoms with Gasteiger partial charge in [-0.3, -0.25) is 4.79 Å². The Morgan fingerprint density at radius 2 is 2.00 bits per heavy atom. The second-order valence-electron chi connectivity index (χ2n) is 5.76. The van der Waals surface area contributed by atoms with Gasteiger partial charge < -0.3 is 14.2 Å². The minimum Gasteiger partial charge on any atom is -0.369 e. The van der Waals surface area contributed by atoms with Crippen molar-refractivity contribution in [3.8, 4) is 0 Å². The van der Waals surface area contributed by atoms with Crippen LogP contribution in [0.15, 0.2) is 0 Å². The zero-order valence-corrected chi connectivity index (χ0v) is 11.0. The molecule has 2 aliphatic heterocycles. The summed E-state index contributed by atoms with van der Waals surface area (Å²) in [5.41, 5.74) is -0.101. The van der Waals surface area contributed by atoms with E-state index in [4.69, 9.17) is 14.2 Å². The van der Waals surface area contributed by atoms with Crippen molar-refractivity contribution in [2.75, 3.05) is 13.2 Å². The lowest BCUT2D eigenvalue weighted by molar-refractivity contribution is -0.254. The van der Waals surface area contributed by atoms with Gasteiger partial charge in [-0.1, -0.05) is 19.3 Å². The molecule has 3 aliphatic rings. The topological polar surface area (TPSA) is 44.8 Å². The summed E-state index contributed by atoms with van der Waals surface area (Å²) in [6.45, 7) is 3.11. The molecule has 2 heterocycles. The van der Waals surface area contributed by atoms with Gasteiger partial charge in [0.25, 0.3) is 0 Å². The Morgan fingerprint density at radius 1 is 1.22 bits per heavy atom. The quantitative estimate of drug-likeness (QED) is 0.716. The Hall–Kier alpha value is -0.450. The van der Waals surface area contributed by atoms with Crippen molar-refractivity contribution in [3.05, 3.63) is 0 Å². The van der Waals surface area contributed by atoms with Crippen LogP contribution in [0.4, 0.5) is 0 Å². The van der Waals surface area contributed by atoms with Crippen LogP contribution in [-0.4, -0.2) is 42.9 Å². The third kappa shape index (κ3) is 2.10. The molecular weight excluding hydrogens is 232 g/mol. The Kier molecular flexibility index (Phi) is 3.43. The van der Waals surface area contributed by atoms with E-state index in [-0.39, 0.29) is 23.6 Å². The van der Waals surface area contributed by atoms with Crippen LogP contribution in [0.3, 0.4) is 0 Å². The van der Waals surface area contributed by atoms with E-state index in [0.29, 0.717) is 19.6 Å². The van der Waals surface area contributed by atoms with Gasteiger partial charge in [-0.05, 0) is 19.8 Å². The Balaban J connectivity index is 1.65. The molecule has 18 heavy (non-hydrogen) atoms. The minimum absolute atomic E-state index is 0.0635. The number of ether oxygens (including phenoxy) is 3. The SMILES string of the molecule is CC1OC(C2OCCC2=O)COC12CCCCC2. The van der Waals surface area contributed by atoms with E-state index in [1.807, 2.05) is 0 Å². The molecule has 0 aromatic carbocycles. The molecule has 3 rings (SSSR count). The lowest BCUT2D eigenvalue weighted by atomic mass is 9.80. The van der Waals surface area contributed by atoms with Crippen LogP contribution in [0.1, 0.15) is 45.4 Å². The second-order valence-corrected chi connectivity index (χ2v) is 5.76. The maximum Gasteiger partial charge on any atom is 0.166 e. The third-order valence-corrected chi connectivity index (χ3v) is 4.66. The van der Waals surface area contributed by atoms with Crippen LogP contribution in [0.2, 0.25) is 0 Å². The molecule has 0 aromatic heterocycles. The number of hydrogen-bond acceptors (Lipinski definition) is 4. The Bertz CT molecular complexity index is 322. The highest BCUT2D eigenvalue weighted by Crippen LogP contribution is 2.39. The molecule has 1 aliphatic carbocycles. The smallest absolute Gasteiger partial charge is 0.166 e. The van der Waals surface area contributed by atoms with Crippen LogP contribution in [0, 0.1) is 0 Å². The van der Waals surface area contributed by atoms with Crippen molar-refractivity contribution in [2.24, 2.45) is 0 Å². The van der Waals surface area contributed by atoms with E-state index in [1.165, 1.54) is 19.3 Å². The number of hydrogen-bond donors (Lipinski definition) is 0. The van der Waals surface area contributed by atoms with Crippen LogP contribution >= 0.6 is 0 Å². The predicted molar refractivity (Wildman–Crippen MR) is 65.5 cm³/mol. The fourth-order valence-electron chi connectivity index (χ4n) is 3.49.